The zero-order valence-electron chi connectivity index (χ0n) is 17.3. The molecule has 0 bridgehead atoms. The fourth-order valence-corrected chi connectivity index (χ4v) is 4.43. The van der Waals surface area contributed by atoms with Crippen LogP contribution in [0.1, 0.15) is 22.6 Å². The van der Waals surface area contributed by atoms with Crippen molar-refractivity contribution in [1.29, 1.82) is 0 Å². The number of nitrogens with one attached hydrogen (secondary N) is 1. The molecule has 0 saturated heterocycles. The van der Waals surface area contributed by atoms with Gasteiger partial charge < -0.3 is 35.7 Å². The molecule has 0 saturated carbocycles. The van der Waals surface area contributed by atoms with Gasteiger partial charge in [0, 0.05) is 34.7 Å². The lowest BCUT2D eigenvalue weighted by Gasteiger charge is -2.33. The number of benzene rings is 2. The van der Waals surface area contributed by atoms with E-state index in [-0.39, 0.29) is 5.92 Å². The van der Waals surface area contributed by atoms with Gasteiger partial charge in [0.2, 0.25) is 0 Å². The van der Waals surface area contributed by atoms with Gasteiger partial charge in [-0.1, -0.05) is 35.3 Å². The van der Waals surface area contributed by atoms with E-state index in [1.165, 1.54) is 0 Å². The largest absolute Gasteiger partial charge is 0.394 e. The van der Waals surface area contributed by atoms with E-state index in [0.29, 0.717) is 28.8 Å². The molecule has 2 aromatic carbocycles. The Bertz CT molecular complexity index is 975. The number of nitrogens with zero attached hydrogens (tertiary/aromatic N) is 1. The van der Waals surface area contributed by atoms with Gasteiger partial charge in [0.05, 0.1) is 6.61 Å². The number of anilines is 1. The highest BCUT2D eigenvalue weighted by Crippen LogP contribution is 2.38. The lowest BCUT2D eigenvalue weighted by molar-refractivity contribution is -0.144. The van der Waals surface area contributed by atoms with Crippen LogP contribution in [0.3, 0.4) is 0 Å². The van der Waals surface area contributed by atoms with Gasteiger partial charge >= 0.3 is 0 Å². The summed E-state index contributed by atoms with van der Waals surface area (Å²) in [6.45, 7) is 0.554. The molecule has 5 atom stereocenters. The van der Waals surface area contributed by atoms with E-state index in [9.17, 15) is 25.2 Å². The highest BCUT2D eigenvalue weighted by Gasteiger charge is 2.34. The monoisotopic (exact) mass is 484 g/mol. The third-order valence-electron chi connectivity index (χ3n) is 5.57. The molecule has 32 heavy (non-hydrogen) atoms. The number of aliphatic hydroxyl groups is 5. The quantitative estimate of drug-likeness (QED) is 0.344. The standard InChI is InChI=1S/C22H26Cl2N2O6/c1-26-8-15(14-6-12(23)7-17(24)16(14)9-26)11-3-2-4-13(5-11)25-22(32)21(31)20(30)19(29)18(28)10-27/h2-7,15,18-21,27-31H,8-10H2,1H3,(H,25,32)/t15?,18-,19-,20+,21-/m1/s1. The third-order valence-corrected chi connectivity index (χ3v) is 6.13. The van der Waals surface area contributed by atoms with Crippen molar-refractivity contribution in [2.45, 2.75) is 36.9 Å². The van der Waals surface area contributed by atoms with Gasteiger partial charge in [0.1, 0.15) is 18.3 Å². The van der Waals surface area contributed by atoms with Gasteiger partial charge in [-0.3, -0.25) is 4.79 Å². The SMILES string of the molecule is CN1Cc2c(Cl)cc(Cl)cc2C(c2cccc(NC(=O)[C@H](O)[C@@H](O)[C@H](O)[C@H](O)CO)c2)C1. The molecule has 3 rings (SSSR count). The molecule has 2 aromatic rings. The van der Waals surface area contributed by atoms with Crippen molar-refractivity contribution in [2.24, 2.45) is 0 Å². The van der Waals surface area contributed by atoms with Crippen molar-refractivity contribution in [3.63, 3.8) is 0 Å². The molecular weight excluding hydrogens is 459 g/mol. The number of carbonyl (C=O) groups is 1. The number of carbonyl (C=O) groups excluding carboxylic acids is 1. The van der Waals surface area contributed by atoms with Crippen LogP contribution in [0, 0.1) is 0 Å². The Morgan fingerprint density at radius 2 is 1.88 bits per heavy atom. The van der Waals surface area contributed by atoms with Crippen LogP contribution in [0.15, 0.2) is 36.4 Å². The zero-order valence-corrected chi connectivity index (χ0v) is 18.8. The summed E-state index contributed by atoms with van der Waals surface area (Å²) in [5.74, 6) is -1.03. The Morgan fingerprint density at radius 1 is 1.16 bits per heavy atom. The average Bonchev–Trinajstić information content (AvgIpc) is 2.77. The lowest BCUT2D eigenvalue weighted by atomic mass is 9.84. The summed E-state index contributed by atoms with van der Waals surface area (Å²) in [5, 5.41) is 51.6. The van der Waals surface area contributed by atoms with Crippen LogP contribution in [-0.2, 0) is 11.3 Å². The van der Waals surface area contributed by atoms with E-state index in [2.05, 4.69) is 10.2 Å². The summed E-state index contributed by atoms with van der Waals surface area (Å²) < 4.78 is 0. The molecule has 0 aliphatic carbocycles. The van der Waals surface area contributed by atoms with Crippen LogP contribution < -0.4 is 5.32 Å². The van der Waals surface area contributed by atoms with E-state index in [0.717, 1.165) is 16.7 Å². The first-order chi connectivity index (χ1) is 15.1. The van der Waals surface area contributed by atoms with E-state index >= 15 is 0 Å². The second kappa shape index (κ2) is 10.5. The Kier molecular flexibility index (Phi) is 8.13. The summed E-state index contributed by atoms with van der Waals surface area (Å²) in [6.07, 6.45) is -7.59. The molecule has 174 valence electrons. The smallest absolute Gasteiger partial charge is 0.256 e. The predicted molar refractivity (Wildman–Crippen MR) is 121 cm³/mol. The number of fused-ring (bicyclic) bond motifs is 1. The molecule has 1 unspecified atom stereocenters. The van der Waals surface area contributed by atoms with E-state index < -0.39 is 36.9 Å². The number of hydrogen-bond donors (Lipinski definition) is 6. The summed E-state index contributed by atoms with van der Waals surface area (Å²) >= 11 is 12.6. The first-order valence-electron chi connectivity index (χ1n) is 10.0. The first-order valence-corrected chi connectivity index (χ1v) is 10.8. The summed E-state index contributed by atoms with van der Waals surface area (Å²) in [7, 11) is 1.98. The fraction of sp³-hybridized carbons (Fsp3) is 0.409. The second-order valence-corrected chi connectivity index (χ2v) is 8.84. The highest BCUT2D eigenvalue weighted by atomic mass is 35.5. The first kappa shape index (κ1) is 24.9. The molecular formula is C22H26Cl2N2O6. The van der Waals surface area contributed by atoms with Gasteiger partial charge in [-0.15, -0.1) is 0 Å². The molecule has 1 aliphatic heterocycles. The Balaban J connectivity index is 1.82. The molecule has 0 radical (unpaired) electrons. The maximum atomic E-state index is 12.4. The van der Waals surface area contributed by atoms with Crippen molar-refractivity contribution < 1.29 is 30.3 Å². The van der Waals surface area contributed by atoms with Gasteiger partial charge in [-0.2, -0.15) is 0 Å². The zero-order chi connectivity index (χ0) is 23.6. The van der Waals surface area contributed by atoms with Crippen molar-refractivity contribution >= 4 is 34.8 Å². The van der Waals surface area contributed by atoms with Crippen molar-refractivity contribution in [3.8, 4) is 0 Å². The molecule has 1 amide bonds. The molecule has 0 aromatic heterocycles. The van der Waals surface area contributed by atoms with Gasteiger partial charge in [-0.25, -0.2) is 0 Å². The molecule has 10 heteroatoms. The summed E-state index contributed by atoms with van der Waals surface area (Å²) in [5.41, 5.74) is 3.25. The molecule has 8 nitrogen and oxygen atoms in total. The number of hydrogen-bond acceptors (Lipinski definition) is 7. The van der Waals surface area contributed by atoms with E-state index in [1.807, 2.05) is 19.2 Å². The van der Waals surface area contributed by atoms with Crippen LogP contribution in [0.2, 0.25) is 10.0 Å². The molecule has 1 heterocycles. The van der Waals surface area contributed by atoms with E-state index in [1.54, 1.807) is 24.3 Å². The number of likely N-dealkylation sites (N-methyl/N-ethyl adjacent to an activating group) is 1. The lowest BCUT2D eigenvalue weighted by Crippen LogP contribution is -2.50. The molecule has 0 spiro atoms. The van der Waals surface area contributed by atoms with Crippen molar-refractivity contribution in [1.82, 2.24) is 4.90 Å². The molecule has 6 N–H and O–H groups in total. The van der Waals surface area contributed by atoms with Crippen LogP contribution in [-0.4, -0.2) is 81.0 Å². The minimum Gasteiger partial charge on any atom is -0.394 e. The third kappa shape index (κ3) is 5.41. The number of amides is 1. The summed E-state index contributed by atoms with van der Waals surface area (Å²) in [6, 6.07) is 10.6. The number of rotatable bonds is 7. The molecule has 0 fully saturated rings. The van der Waals surface area contributed by atoms with Gasteiger partial charge in [-0.05, 0) is 48.0 Å². The van der Waals surface area contributed by atoms with Gasteiger partial charge in [0.25, 0.3) is 5.91 Å². The maximum absolute atomic E-state index is 12.4. The maximum Gasteiger partial charge on any atom is 0.256 e. The second-order valence-electron chi connectivity index (χ2n) is 8.00. The Labute approximate surface area is 195 Å². The molecule has 1 aliphatic rings. The highest BCUT2D eigenvalue weighted by molar-refractivity contribution is 6.35. The minimum absolute atomic E-state index is 0.0613. The number of halogens is 2. The summed E-state index contributed by atoms with van der Waals surface area (Å²) in [4.78, 5) is 14.5. The number of aliphatic hydroxyl groups excluding tert-OH is 5. The fourth-order valence-electron chi connectivity index (χ4n) is 3.86. The van der Waals surface area contributed by atoms with Gasteiger partial charge in [0.15, 0.2) is 6.10 Å². The van der Waals surface area contributed by atoms with Crippen LogP contribution in [0.25, 0.3) is 0 Å². The van der Waals surface area contributed by atoms with E-state index in [4.69, 9.17) is 28.3 Å². The minimum atomic E-state index is -2.02. The average molecular weight is 485 g/mol. The van der Waals surface area contributed by atoms with Crippen molar-refractivity contribution in [2.75, 3.05) is 25.5 Å². The van der Waals surface area contributed by atoms with Crippen LogP contribution >= 0.6 is 23.2 Å². The normalized spacial score (nSPS) is 20.2. The predicted octanol–water partition coefficient (Wildman–Crippen LogP) is 0.945. The van der Waals surface area contributed by atoms with Crippen LogP contribution in [0.4, 0.5) is 5.69 Å². The Hall–Kier alpha value is -1.75. The van der Waals surface area contributed by atoms with Crippen molar-refractivity contribution in [3.05, 3.63) is 63.1 Å². The van der Waals surface area contributed by atoms with Crippen LogP contribution in [0.5, 0.6) is 0 Å². The topological polar surface area (TPSA) is 133 Å². The Morgan fingerprint density at radius 3 is 2.56 bits per heavy atom.